The summed E-state index contributed by atoms with van der Waals surface area (Å²) in [5.74, 6) is -1.81. The Morgan fingerprint density at radius 3 is 2.04 bits per heavy atom. The Balaban J connectivity index is 3.02. The molecule has 0 radical (unpaired) electrons. The van der Waals surface area contributed by atoms with Crippen molar-refractivity contribution in [2.45, 2.75) is 33.1 Å². The van der Waals surface area contributed by atoms with E-state index in [1.807, 2.05) is 0 Å². The van der Waals surface area contributed by atoms with Gasteiger partial charge in [-0.25, -0.2) is 9.59 Å². The quantitative estimate of drug-likeness (QED) is 0.264. The van der Waals surface area contributed by atoms with E-state index in [4.69, 9.17) is 51.1 Å². The van der Waals surface area contributed by atoms with Gasteiger partial charge in [0.1, 0.15) is 0 Å². The SMILES string of the molecule is CCC(C)CCCOC(=O)c1c(Cl)c(Cl)c(Cl)c(Cl)c1C(=O)O. The lowest BCUT2D eigenvalue weighted by atomic mass is 10.0. The van der Waals surface area contributed by atoms with Gasteiger partial charge >= 0.3 is 11.9 Å². The number of ether oxygens (including phenoxy) is 1. The predicted octanol–water partition coefficient (Wildman–Crippen LogP) is 5.98. The molecule has 23 heavy (non-hydrogen) atoms. The zero-order valence-corrected chi connectivity index (χ0v) is 15.6. The highest BCUT2D eigenvalue weighted by Gasteiger charge is 2.29. The third kappa shape index (κ3) is 4.90. The molecule has 0 amide bonds. The van der Waals surface area contributed by atoms with Crippen LogP contribution in [0, 0.1) is 5.92 Å². The van der Waals surface area contributed by atoms with Crippen molar-refractivity contribution in [3.63, 3.8) is 0 Å². The third-order valence-corrected chi connectivity index (χ3v) is 5.26. The molecule has 0 aromatic heterocycles. The second-order valence-corrected chi connectivity index (χ2v) is 6.61. The second-order valence-electron chi connectivity index (χ2n) is 5.10. The molecule has 4 nitrogen and oxygen atoms in total. The minimum atomic E-state index is -1.44. The normalized spacial score (nSPS) is 12.1. The summed E-state index contributed by atoms with van der Waals surface area (Å²) < 4.78 is 5.10. The van der Waals surface area contributed by atoms with E-state index < -0.39 is 17.5 Å². The summed E-state index contributed by atoms with van der Waals surface area (Å²) in [6.45, 7) is 4.32. The second kappa shape index (κ2) is 8.97. The first-order valence-electron chi connectivity index (χ1n) is 6.98. The summed E-state index contributed by atoms with van der Waals surface area (Å²) in [7, 11) is 0. The first-order valence-corrected chi connectivity index (χ1v) is 8.49. The summed E-state index contributed by atoms with van der Waals surface area (Å²) in [4.78, 5) is 23.6. The molecule has 8 heteroatoms. The minimum absolute atomic E-state index is 0.149. The first kappa shape index (κ1) is 20.4. The fourth-order valence-corrected chi connectivity index (χ4v) is 2.91. The fraction of sp³-hybridized carbons (Fsp3) is 0.467. The number of rotatable bonds is 7. The molecule has 128 valence electrons. The van der Waals surface area contributed by atoms with E-state index in [0.717, 1.165) is 12.8 Å². The Hall–Kier alpha value is -0.680. The Morgan fingerprint density at radius 1 is 1.04 bits per heavy atom. The molecular formula is C15H16Cl4O4. The first-order chi connectivity index (χ1) is 10.7. The van der Waals surface area contributed by atoms with E-state index in [-0.39, 0.29) is 32.3 Å². The standard InChI is InChI=1S/C15H16Cl4O4/c1-3-7(2)5-4-6-23-15(22)9-8(14(20)21)10(16)12(18)13(19)11(9)17/h7H,3-6H2,1-2H3,(H,20,21). The van der Waals surface area contributed by atoms with E-state index in [2.05, 4.69) is 13.8 Å². The molecule has 0 aliphatic heterocycles. The molecule has 0 saturated carbocycles. The summed E-state index contributed by atoms with van der Waals surface area (Å²) in [5.41, 5.74) is -0.903. The average Bonchev–Trinajstić information content (AvgIpc) is 2.51. The Bertz CT molecular complexity index is 616. The van der Waals surface area contributed by atoms with Crippen LogP contribution in [0.2, 0.25) is 20.1 Å². The van der Waals surface area contributed by atoms with Crippen LogP contribution in [-0.4, -0.2) is 23.7 Å². The van der Waals surface area contributed by atoms with Crippen molar-refractivity contribution in [2.75, 3.05) is 6.61 Å². The summed E-state index contributed by atoms with van der Waals surface area (Å²) in [5, 5.41) is 8.22. The highest BCUT2D eigenvalue weighted by molar-refractivity contribution is 6.54. The highest BCUT2D eigenvalue weighted by atomic mass is 35.5. The molecule has 1 aromatic rings. The number of carbonyl (C=O) groups excluding carboxylic acids is 1. The van der Waals surface area contributed by atoms with Crippen LogP contribution in [0.1, 0.15) is 53.8 Å². The number of benzene rings is 1. The van der Waals surface area contributed by atoms with E-state index in [9.17, 15) is 14.7 Å². The van der Waals surface area contributed by atoms with Gasteiger partial charge in [-0.05, 0) is 18.8 Å². The van der Waals surface area contributed by atoms with Crippen LogP contribution in [0.15, 0.2) is 0 Å². The minimum Gasteiger partial charge on any atom is -0.478 e. The van der Waals surface area contributed by atoms with Crippen molar-refractivity contribution in [2.24, 2.45) is 5.92 Å². The number of hydrogen-bond acceptors (Lipinski definition) is 3. The van der Waals surface area contributed by atoms with Crippen molar-refractivity contribution in [1.29, 1.82) is 0 Å². The van der Waals surface area contributed by atoms with Gasteiger partial charge in [0, 0.05) is 0 Å². The van der Waals surface area contributed by atoms with Crippen molar-refractivity contribution in [3.8, 4) is 0 Å². The van der Waals surface area contributed by atoms with Crippen molar-refractivity contribution < 1.29 is 19.4 Å². The number of halogens is 4. The van der Waals surface area contributed by atoms with Crippen LogP contribution < -0.4 is 0 Å². The Morgan fingerprint density at radius 2 is 1.57 bits per heavy atom. The third-order valence-electron chi connectivity index (χ3n) is 3.46. The molecule has 1 N–H and O–H groups in total. The zero-order valence-electron chi connectivity index (χ0n) is 12.6. The number of carbonyl (C=O) groups is 2. The number of esters is 1. The maximum absolute atomic E-state index is 12.2. The molecule has 0 heterocycles. The van der Waals surface area contributed by atoms with Crippen molar-refractivity contribution in [1.82, 2.24) is 0 Å². The maximum Gasteiger partial charge on any atom is 0.340 e. The van der Waals surface area contributed by atoms with Gasteiger partial charge < -0.3 is 9.84 Å². The van der Waals surface area contributed by atoms with Gasteiger partial charge in [-0.3, -0.25) is 0 Å². The fourth-order valence-electron chi connectivity index (χ4n) is 1.90. The molecule has 0 saturated heterocycles. The van der Waals surface area contributed by atoms with Crippen LogP contribution in [0.5, 0.6) is 0 Å². The van der Waals surface area contributed by atoms with Crippen molar-refractivity contribution >= 4 is 58.3 Å². The lowest BCUT2D eigenvalue weighted by Crippen LogP contribution is -2.15. The molecule has 0 aliphatic carbocycles. The van der Waals surface area contributed by atoms with Gasteiger partial charge in [0.25, 0.3) is 0 Å². The van der Waals surface area contributed by atoms with Crippen molar-refractivity contribution in [3.05, 3.63) is 31.2 Å². The van der Waals surface area contributed by atoms with E-state index >= 15 is 0 Å². The van der Waals surface area contributed by atoms with Crippen LogP contribution in [0.4, 0.5) is 0 Å². The lowest BCUT2D eigenvalue weighted by molar-refractivity contribution is 0.0484. The molecule has 1 aromatic carbocycles. The lowest BCUT2D eigenvalue weighted by Gasteiger charge is -2.14. The zero-order chi connectivity index (χ0) is 17.7. The van der Waals surface area contributed by atoms with E-state index in [1.54, 1.807) is 0 Å². The molecule has 0 spiro atoms. The number of hydrogen-bond donors (Lipinski definition) is 1. The van der Waals surface area contributed by atoms with Gasteiger partial charge in [0.2, 0.25) is 0 Å². The largest absolute Gasteiger partial charge is 0.478 e. The molecule has 0 aliphatic rings. The molecule has 1 unspecified atom stereocenters. The summed E-state index contributed by atoms with van der Waals surface area (Å²) >= 11 is 23.5. The van der Waals surface area contributed by atoms with Gasteiger partial charge in [0.15, 0.2) is 0 Å². The summed E-state index contributed by atoms with van der Waals surface area (Å²) in [6, 6.07) is 0. The smallest absolute Gasteiger partial charge is 0.340 e. The Labute approximate surface area is 154 Å². The highest BCUT2D eigenvalue weighted by Crippen LogP contribution is 2.41. The molecule has 0 bridgehead atoms. The van der Waals surface area contributed by atoms with Crippen LogP contribution in [-0.2, 0) is 4.74 Å². The predicted molar refractivity (Wildman–Crippen MR) is 92.4 cm³/mol. The maximum atomic E-state index is 12.2. The molecule has 1 atom stereocenters. The number of carboxylic acids is 1. The monoisotopic (exact) mass is 400 g/mol. The van der Waals surface area contributed by atoms with E-state index in [0.29, 0.717) is 12.3 Å². The van der Waals surface area contributed by atoms with Gasteiger partial charge in [-0.15, -0.1) is 0 Å². The Kier molecular flexibility index (Phi) is 7.95. The van der Waals surface area contributed by atoms with Gasteiger partial charge in [0.05, 0.1) is 37.8 Å². The molecule has 1 rings (SSSR count). The molecule has 0 fully saturated rings. The molecular weight excluding hydrogens is 386 g/mol. The number of aromatic carboxylic acids is 1. The van der Waals surface area contributed by atoms with Crippen LogP contribution in [0.3, 0.4) is 0 Å². The van der Waals surface area contributed by atoms with E-state index in [1.165, 1.54) is 0 Å². The van der Waals surface area contributed by atoms with Crippen LogP contribution >= 0.6 is 46.4 Å². The van der Waals surface area contributed by atoms with Gasteiger partial charge in [-0.1, -0.05) is 66.7 Å². The van der Waals surface area contributed by atoms with Crippen LogP contribution in [0.25, 0.3) is 0 Å². The topological polar surface area (TPSA) is 63.6 Å². The summed E-state index contributed by atoms with van der Waals surface area (Å²) in [6.07, 6.45) is 2.59. The average molecular weight is 402 g/mol. The van der Waals surface area contributed by atoms with Gasteiger partial charge in [-0.2, -0.15) is 0 Å². The number of carboxylic acid groups (broad SMARTS) is 1.